The summed E-state index contributed by atoms with van der Waals surface area (Å²) in [5, 5.41) is 0.677. The first-order valence-corrected chi connectivity index (χ1v) is 9.46. The number of unbranched alkanes of at least 4 members (excludes halogenated alkanes) is 6. The summed E-state index contributed by atoms with van der Waals surface area (Å²) in [7, 11) is 0. The van der Waals surface area contributed by atoms with Crippen LogP contribution in [0.15, 0.2) is 11.2 Å². The van der Waals surface area contributed by atoms with Crippen LogP contribution in [0.1, 0.15) is 81.4 Å². The largest absolute Gasteiger partial charge is 0.364 e. The second-order valence-corrected chi connectivity index (χ2v) is 6.67. The van der Waals surface area contributed by atoms with E-state index in [4.69, 9.17) is 5.73 Å². The molecule has 0 unspecified atom stereocenters. The zero-order chi connectivity index (χ0) is 16.2. The van der Waals surface area contributed by atoms with E-state index in [0.717, 1.165) is 30.7 Å². The predicted octanol–water partition coefficient (Wildman–Crippen LogP) is 4.37. The molecule has 1 amide bonds. The van der Waals surface area contributed by atoms with Crippen molar-refractivity contribution in [3.63, 3.8) is 0 Å². The lowest BCUT2D eigenvalue weighted by atomic mass is 10.1. The summed E-state index contributed by atoms with van der Waals surface area (Å²) in [5.41, 5.74) is 6.64. The quantitative estimate of drug-likeness (QED) is 0.352. The van der Waals surface area contributed by atoms with Crippen LogP contribution in [-0.2, 0) is 6.42 Å². The van der Waals surface area contributed by atoms with E-state index in [1.807, 2.05) is 0 Å². The first-order chi connectivity index (χ1) is 10.7. The number of carbonyl (C=O) groups is 1. The van der Waals surface area contributed by atoms with Gasteiger partial charge >= 0.3 is 0 Å². The Morgan fingerprint density at radius 2 is 1.73 bits per heavy atom. The molecule has 1 heterocycles. The molecule has 5 heteroatoms. The van der Waals surface area contributed by atoms with Crippen LogP contribution in [0.4, 0.5) is 0 Å². The molecule has 2 N–H and O–H groups in total. The van der Waals surface area contributed by atoms with Crippen LogP contribution in [0.2, 0.25) is 0 Å². The number of carbonyl (C=O) groups excluding carboxylic acids is 1. The lowest BCUT2D eigenvalue weighted by Crippen LogP contribution is -2.15. The highest BCUT2D eigenvalue weighted by molar-refractivity contribution is 7.99. The lowest BCUT2D eigenvalue weighted by Gasteiger charge is -2.06. The van der Waals surface area contributed by atoms with Gasteiger partial charge in [0.05, 0.1) is 0 Å². The monoisotopic (exact) mass is 323 g/mol. The van der Waals surface area contributed by atoms with Gasteiger partial charge in [-0.1, -0.05) is 64.1 Å². The molecule has 0 aliphatic carbocycles. The van der Waals surface area contributed by atoms with Crippen molar-refractivity contribution in [2.75, 3.05) is 5.75 Å². The Kier molecular flexibility index (Phi) is 9.87. The number of thioether (sulfide) groups is 1. The van der Waals surface area contributed by atoms with Crippen molar-refractivity contribution in [2.45, 2.75) is 76.8 Å². The highest BCUT2D eigenvalue weighted by Crippen LogP contribution is 2.17. The van der Waals surface area contributed by atoms with E-state index in [1.165, 1.54) is 38.5 Å². The Labute approximate surface area is 138 Å². The summed E-state index contributed by atoms with van der Waals surface area (Å²) in [6, 6.07) is 1.75. The molecule has 0 saturated heterocycles. The minimum absolute atomic E-state index is 0.339. The Morgan fingerprint density at radius 3 is 2.36 bits per heavy atom. The summed E-state index contributed by atoms with van der Waals surface area (Å²) in [6.07, 6.45) is 10.9. The van der Waals surface area contributed by atoms with Gasteiger partial charge in [0.2, 0.25) is 0 Å². The maximum absolute atomic E-state index is 11.4. The average molecular weight is 324 g/mol. The van der Waals surface area contributed by atoms with Crippen LogP contribution in [-0.4, -0.2) is 21.6 Å². The van der Waals surface area contributed by atoms with Gasteiger partial charge in [-0.25, -0.2) is 9.97 Å². The summed E-state index contributed by atoms with van der Waals surface area (Å²) >= 11 is 1.59. The number of hydrogen-bond acceptors (Lipinski definition) is 4. The molecule has 0 aliphatic heterocycles. The van der Waals surface area contributed by atoms with Crippen molar-refractivity contribution >= 4 is 17.7 Å². The Hall–Kier alpha value is -1.10. The highest BCUT2D eigenvalue weighted by atomic mass is 32.2. The van der Waals surface area contributed by atoms with Crippen molar-refractivity contribution < 1.29 is 4.79 Å². The molecule has 1 rings (SSSR count). The Bertz CT molecular complexity index is 452. The third-order valence-corrected chi connectivity index (χ3v) is 4.54. The summed E-state index contributed by atoms with van der Waals surface area (Å²) in [4.78, 5) is 20.1. The van der Waals surface area contributed by atoms with Crippen molar-refractivity contribution in [1.29, 1.82) is 0 Å². The molecule has 4 nitrogen and oxygen atoms in total. The first kappa shape index (κ1) is 18.9. The molecule has 0 aromatic carbocycles. The number of nitrogens with two attached hydrogens (primary N) is 1. The molecule has 124 valence electrons. The van der Waals surface area contributed by atoms with Gasteiger partial charge in [-0.15, -0.1) is 0 Å². The standard InChI is InChI=1S/C17H29N3OS/c1-3-5-6-7-8-9-10-11-14-13-15(16(18)21)20-17(19-14)22-12-4-2/h13H,3-12H2,1-2H3,(H2,18,21). The van der Waals surface area contributed by atoms with E-state index >= 15 is 0 Å². The second kappa shape index (κ2) is 11.5. The Balaban J connectivity index is 2.46. The number of aromatic nitrogens is 2. The Morgan fingerprint density at radius 1 is 1.05 bits per heavy atom. The molecule has 0 aliphatic rings. The number of primary amides is 1. The van der Waals surface area contributed by atoms with Crippen molar-refractivity contribution in [1.82, 2.24) is 9.97 Å². The molecule has 22 heavy (non-hydrogen) atoms. The third kappa shape index (κ3) is 7.78. The molecular weight excluding hydrogens is 294 g/mol. The first-order valence-electron chi connectivity index (χ1n) is 8.48. The number of aryl methyl sites for hydroxylation is 1. The molecule has 0 radical (unpaired) electrons. The number of amides is 1. The van der Waals surface area contributed by atoms with E-state index in [1.54, 1.807) is 17.8 Å². The van der Waals surface area contributed by atoms with Crippen molar-refractivity contribution in [3.05, 3.63) is 17.5 Å². The van der Waals surface area contributed by atoms with Gasteiger partial charge in [0.25, 0.3) is 5.91 Å². The van der Waals surface area contributed by atoms with E-state index in [-0.39, 0.29) is 0 Å². The van der Waals surface area contributed by atoms with Crippen molar-refractivity contribution in [3.8, 4) is 0 Å². The van der Waals surface area contributed by atoms with Crippen LogP contribution in [0.3, 0.4) is 0 Å². The van der Waals surface area contributed by atoms with Gasteiger partial charge in [-0.2, -0.15) is 0 Å². The van der Waals surface area contributed by atoms with Crippen LogP contribution in [0, 0.1) is 0 Å². The van der Waals surface area contributed by atoms with Gasteiger partial charge in [0.15, 0.2) is 5.16 Å². The van der Waals surface area contributed by atoms with Gasteiger partial charge in [0, 0.05) is 11.4 Å². The number of nitrogens with zero attached hydrogens (tertiary/aromatic N) is 2. The average Bonchev–Trinajstić information content (AvgIpc) is 2.52. The maximum Gasteiger partial charge on any atom is 0.267 e. The van der Waals surface area contributed by atoms with Crippen LogP contribution in [0.25, 0.3) is 0 Å². The van der Waals surface area contributed by atoms with Gasteiger partial charge in [-0.05, 0) is 25.3 Å². The fourth-order valence-electron chi connectivity index (χ4n) is 2.25. The summed E-state index contributed by atoms with van der Waals surface area (Å²) in [5.74, 6) is 0.487. The molecule has 1 aromatic heterocycles. The fraction of sp³-hybridized carbons (Fsp3) is 0.706. The van der Waals surface area contributed by atoms with Crippen molar-refractivity contribution in [2.24, 2.45) is 5.73 Å². The van der Waals surface area contributed by atoms with E-state index in [2.05, 4.69) is 23.8 Å². The van der Waals surface area contributed by atoms with Crippen LogP contribution < -0.4 is 5.73 Å². The summed E-state index contributed by atoms with van der Waals surface area (Å²) in [6.45, 7) is 4.35. The molecule has 0 fully saturated rings. The van der Waals surface area contributed by atoms with E-state index in [9.17, 15) is 4.79 Å². The number of rotatable bonds is 12. The van der Waals surface area contributed by atoms with Crippen LogP contribution in [0.5, 0.6) is 0 Å². The molecular formula is C17H29N3OS. The topological polar surface area (TPSA) is 68.9 Å². The smallest absolute Gasteiger partial charge is 0.267 e. The van der Waals surface area contributed by atoms with Gasteiger partial charge in [0.1, 0.15) is 5.69 Å². The molecule has 0 bridgehead atoms. The molecule has 0 atom stereocenters. The predicted molar refractivity (Wildman–Crippen MR) is 93.3 cm³/mol. The lowest BCUT2D eigenvalue weighted by molar-refractivity contribution is 0.0994. The van der Waals surface area contributed by atoms with Gasteiger partial charge in [-0.3, -0.25) is 4.79 Å². The van der Waals surface area contributed by atoms with E-state index in [0.29, 0.717) is 10.9 Å². The SMILES string of the molecule is CCCCCCCCCc1cc(C(N)=O)nc(SCCC)n1. The third-order valence-electron chi connectivity index (χ3n) is 3.48. The molecule has 0 saturated carbocycles. The summed E-state index contributed by atoms with van der Waals surface area (Å²) < 4.78 is 0. The zero-order valence-electron chi connectivity index (χ0n) is 13.9. The minimum atomic E-state index is -0.471. The molecule has 1 aromatic rings. The second-order valence-electron chi connectivity index (χ2n) is 5.61. The minimum Gasteiger partial charge on any atom is -0.364 e. The zero-order valence-corrected chi connectivity index (χ0v) is 14.8. The van der Waals surface area contributed by atoms with Gasteiger partial charge < -0.3 is 5.73 Å². The highest BCUT2D eigenvalue weighted by Gasteiger charge is 2.09. The van der Waals surface area contributed by atoms with Crippen LogP contribution >= 0.6 is 11.8 Å². The maximum atomic E-state index is 11.4. The fourth-order valence-corrected chi connectivity index (χ4v) is 2.98. The number of hydrogen-bond donors (Lipinski definition) is 1. The normalized spacial score (nSPS) is 10.8. The van der Waals surface area contributed by atoms with E-state index < -0.39 is 5.91 Å². The molecule has 0 spiro atoms.